The van der Waals surface area contributed by atoms with Gasteiger partial charge in [-0.2, -0.15) is 0 Å². The van der Waals surface area contributed by atoms with Crippen LogP contribution in [0.2, 0.25) is 0 Å². The predicted octanol–water partition coefficient (Wildman–Crippen LogP) is 3.22. The molecule has 0 radical (unpaired) electrons. The second-order valence-corrected chi connectivity index (χ2v) is 5.27. The summed E-state index contributed by atoms with van der Waals surface area (Å²) >= 11 is 22.1. The van der Waals surface area contributed by atoms with E-state index >= 15 is 0 Å². The number of carboxylic acids is 1. The Balaban J connectivity index is 3.78. The third-order valence-electron chi connectivity index (χ3n) is 1.14. The van der Waals surface area contributed by atoms with Gasteiger partial charge < -0.3 is 5.11 Å². The third kappa shape index (κ3) is 7.29. The number of carbonyl (C=O) groups is 1. The van der Waals surface area contributed by atoms with Crippen LogP contribution in [0.3, 0.4) is 0 Å². The lowest BCUT2D eigenvalue weighted by Gasteiger charge is -2.16. The maximum Gasteiger partial charge on any atom is 0.306 e. The highest BCUT2D eigenvalue weighted by Crippen LogP contribution is 2.32. The van der Waals surface area contributed by atoms with Gasteiger partial charge in [-0.15, -0.1) is 46.4 Å². The minimum Gasteiger partial charge on any atom is -0.481 e. The number of halogens is 4. The molecule has 0 atom stereocenters. The molecule has 0 fully saturated rings. The summed E-state index contributed by atoms with van der Waals surface area (Å²) in [6.07, 6.45) is 0.333. The quantitative estimate of drug-likeness (QED) is 0.764. The molecule has 0 aliphatic rings. The van der Waals surface area contributed by atoms with Gasteiger partial charge >= 0.3 is 5.97 Å². The summed E-state index contributed by atoms with van der Waals surface area (Å²) in [4.78, 5) is 9.67. The van der Waals surface area contributed by atoms with Crippen LogP contribution in [0.1, 0.15) is 19.3 Å². The van der Waals surface area contributed by atoms with Crippen LogP contribution in [0.25, 0.3) is 0 Å². The molecule has 0 unspecified atom stereocenters. The third-order valence-corrected chi connectivity index (χ3v) is 2.22. The van der Waals surface area contributed by atoms with Crippen LogP contribution in [-0.4, -0.2) is 20.2 Å². The monoisotopic (exact) mass is 252 g/mol. The highest BCUT2D eigenvalue weighted by atomic mass is 35.5. The Labute approximate surface area is 90.7 Å². The van der Waals surface area contributed by atoms with Gasteiger partial charge in [-0.25, -0.2) is 0 Å². The largest absolute Gasteiger partial charge is 0.481 e. The zero-order valence-electron chi connectivity index (χ0n) is 6.07. The fraction of sp³-hybridized carbons (Fsp3) is 0.833. The maximum absolute atomic E-state index is 10.2. The van der Waals surface area contributed by atoms with Crippen LogP contribution in [0, 0.1) is 0 Å². The Morgan fingerprint density at radius 2 is 1.92 bits per heavy atom. The molecule has 0 spiro atoms. The average Bonchev–Trinajstić information content (AvgIpc) is 1.81. The number of carboxylic acid groups (broad SMARTS) is 1. The van der Waals surface area contributed by atoms with E-state index in [9.17, 15) is 4.79 Å². The molecule has 0 aromatic carbocycles. The number of alkyl halides is 4. The van der Waals surface area contributed by atoms with Gasteiger partial charge in [-0.3, -0.25) is 4.79 Å². The molecule has 12 heavy (non-hydrogen) atoms. The summed E-state index contributed by atoms with van der Waals surface area (Å²) in [6, 6.07) is 0. The van der Waals surface area contributed by atoms with E-state index in [1.54, 1.807) is 0 Å². The lowest BCUT2D eigenvalue weighted by molar-refractivity contribution is -0.137. The van der Waals surface area contributed by atoms with Gasteiger partial charge in [-0.1, -0.05) is 0 Å². The van der Waals surface area contributed by atoms with Crippen LogP contribution in [0.4, 0.5) is 0 Å². The Morgan fingerprint density at radius 3 is 2.25 bits per heavy atom. The zero-order valence-corrected chi connectivity index (χ0v) is 9.09. The Bertz CT molecular complexity index is 158. The van der Waals surface area contributed by atoms with Gasteiger partial charge in [0.25, 0.3) is 0 Å². The highest BCUT2D eigenvalue weighted by Gasteiger charge is 2.27. The Kier molecular flexibility index (Phi) is 5.66. The van der Waals surface area contributed by atoms with Crippen LogP contribution < -0.4 is 0 Å². The minimum atomic E-state index is -1.27. The normalized spacial score (nSPS) is 12.1. The Morgan fingerprint density at radius 1 is 1.42 bits per heavy atom. The molecule has 6 heteroatoms. The molecule has 0 heterocycles. The van der Waals surface area contributed by atoms with Crippen LogP contribution in [-0.2, 0) is 4.79 Å². The van der Waals surface area contributed by atoms with E-state index in [-0.39, 0.29) is 12.8 Å². The maximum atomic E-state index is 10.2. The number of aliphatic carboxylic acids is 1. The van der Waals surface area contributed by atoms with Crippen LogP contribution >= 0.6 is 46.4 Å². The molecule has 0 saturated carbocycles. The first-order valence-electron chi connectivity index (χ1n) is 3.21. The molecule has 0 rings (SSSR count). The molecular weight excluding hydrogens is 246 g/mol. The summed E-state index contributed by atoms with van der Waals surface area (Å²) in [6.45, 7) is 0. The van der Waals surface area contributed by atoms with E-state index in [1.807, 2.05) is 0 Å². The molecule has 0 aromatic rings. The lowest BCUT2D eigenvalue weighted by atomic mass is 10.2. The fourth-order valence-corrected chi connectivity index (χ4v) is 1.29. The zero-order chi connectivity index (χ0) is 9.78. The molecule has 2 nitrogen and oxygen atoms in total. The van der Waals surface area contributed by atoms with Gasteiger partial charge in [0, 0.05) is 0 Å². The molecule has 0 aromatic heterocycles. The van der Waals surface area contributed by atoms with E-state index < -0.39 is 15.1 Å². The van der Waals surface area contributed by atoms with E-state index in [2.05, 4.69) is 0 Å². The molecule has 0 bridgehead atoms. The highest BCUT2D eigenvalue weighted by molar-refractivity contribution is 6.49. The first kappa shape index (κ1) is 12.6. The second-order valence-electron chi connectivity index (χ2n) is 2.36. The second kappa shape index (κ2) is 5.38. The van der Waals surface area contributed by atoms with E-state index in [0.717, 1.165) is 0 Å². The molecule has 0 amide bonds. The lowest BCUT2D eigenvalue weighted by Crippen LogP contribution is -2.18. The summed E-state index contributed by atoms with van der Waals surface area (Å²) < 4.78 is -1.27. The van der Waals surface area contributed by atoms with Gasteiger partial charge in [0.1, 0.15) is 9.17 Å². The van der Waals surface area contributed by atoms with Crippen molar-refractivity contribution in [3.8, 4) is 0 Å². The molecule has 0 aliphatic carbocycles. The van der Waals surface area contributed by atoms with Crippen molar-refractivity contribution in [1.82, 2.24) is 0 Å². The van der Waals surface area contributed by atoms with Gasteiger partial charge in [0.05, 0.1) is 6.42 Å². The van der Waals surface area contributed by atoms with Gasteiger partial charge in [0.2, 0.25) is 0 Å². The summed E-state index contributed by atoms with van der Waals surface area (Å²) in [5.41, 5.74) is 0. The standard InChI is InChI=1S/C6H8Cl4O2/c7-4(8)1-2-6(9,10)3-5(11)12/h4H,1-3H2,(H,11,12). The summed E-state index contributed by atoms with van der Waals surface area (Å²) in [7, 11) is 0. The van der Waals surface area contributed by atoms with Crippen molar-refractivity contribution in [1.29, 1.82) is 0 Å². The average molecular weight is 254 g/mol. The van der Waals surface area contributed by atoms with Crippen molar-refractivity contribution >= 4 is 52.4 Å². The molecule has 72 valence electrons. The summed E-state index contributed by atoms with van der Waals surface area (Å²) in [5, 5.41) is 8.38. The SMILES string of the molecule is O=C(O)CC(Cl)(Cl)CCC(Cl)Cl. The van der Waals surface area contributed by atoms with Crippen LogP contribution in [0.15, 0.2) is 0 Å². The smallest absolute Gasteiger partial charge is 0.306 e. The predicted molar refractivity (Wildman–Crippen MR) is 51.4 cm³/mol. The first-order chi connectivity index (χ1) is 5.33. The van der Waals surface area contributed by atoms with E-state index in [1.165, 1.54) is 0 Å². The topological polar surface area (TPSA) is 37.3 Å². The number of hydrogen-bond donors (Lipinski definition) is 1. The minimum absolute atomic E-state index is 0.264. The Hall–Kier alpha value is 0.630. The number of rotatable bonds is 5. The van der Waals surface area contributed by atoms with Crippen molar-refractivity contribution in [2.45, 2.75) is 28.4 Å². The molecule has 0 saturated heterocycles. The van der Waals surface area contributed by atoms with Crippen molar-refractivity contribution in [3.05, 3.63) is 0 Å². The van der Waals surface area contributed by atoms with Crippen molar-refractivity contribution < 1.29 is 9.90 Å². The van der Waals surface area contributed by atoms with Crippen molar-refractivity contribution in [2.75, 3.05) is 0 Å². The fourth-order valence-electron chi connectivity index (χ4n) is 0.630. The molecular formula is C6H8Cl4O2. The molecule has 1 N–H and O–H groups in total. The van der Waals surface area contributed by atoms with E-state index in [4.69, 9.17) is 51.5 Å². The number of hydrogen-bond acceptors (Lipinski definition) is 1. The van der Waals surface area contributed by atoms with Crippen molar-refractivity contribution in [2.24, 2.45) is 0 Å². The van der Waals surface area contributed by atoms with Gasteiger partial charge in [-0.05, 0) is 12.8 Å². The van der Waals surface area contributed by atoms with E-state index in [0.29, 0.717) is 6.42 Å². The van der Waals surface area contributed by atoms with Crippen molar-refractivity contribution in [3.63, 3.8) is 0 Å². The van der Waals surface area contributed by atoms with Gasteiger partial charge in [0.15, 0.2) is 0 Å². The summed E-state index contributed by atoms with van der Waals surface area (Å²) in [5.74, 6) is -1.04. The molecule has 0 aliphatic heterocycles. The van der Waals surface area contributed by atoms with Crippen LogP contribution in [0.5, 0.6) is 0 Å². The first-order valence-corrected chi connectivity index (χ1v) is 4.84.